The highest BCUT2D eigenvalue weighted by atomic mass is 32.1. The summed E-state index contributed by atoms with van der Waals surface area (Å²) in [6, 6.07) is 11.4. The van der Waals surface area contributed by atoms with E-state index in [9.17, 15) is 4.79 Å². The number of esters is 1. The van der Waals surface area contributed by atoms with Crippen LogP contribution in [0, 0.1) is 6.92 Å². The van der Waals surface area contributed by atoms with Crippen molar-refractivity contribution in [2.24, 2.45) is 7.05 Å². The number of rotatable bonds is 4. The quantitative estimate of drug-likeness (QED) is 0.520. The molecule has 3 heterocycles. The molecular formula is C18H15N3O3S. The molecule has 0 amide bonds. The van der Waals surface area contributed by atoms with Crippen molar-refractivity contribution >= 4 is 27.5 Å². The highest BCUT2D eigenvalue weighted by Crippen LogP contribution is 2.28. The zero-order valence-corrected chi connectivity index (χ0v) is 14.5. The van der Waals surface area contributed by atoms with Crippen molar-refractivity contribution in [1.29, 1.82) is 0 Å². The van der Waals surface area contributed by atoms with Gasteiger partial charge in [-0.1, -0.05) is 18.2 Å². The third kappa shape index (κ3) is 2.94. The van der Waals surface area contributed by atoms with Crippen LogP contribution >= 0.6 is 11.3 Å². The largest absolute Gasteiger partial charge is 0.455 e. The average molecular weight is 353 g/mol. The highest BCUT2D eigenvalue weighted by molar-refractivity contribution is 7.20. The Hall–Kier alpha value is -2.93. The Morgan fingerprint density at radius 3 is 2.88 bits per heavy atom. The van der Waals surface area contributed by atoms with E-state index in [1.807, 2.05) is 50.4 Å². The number of benzene rings is 1. The van der Waals surface area contributed by atoms with Crippen molar-refractivity contribution in [3.8, 4) is 11.5 Å². The number of fused-ring (bicyclic) bond motifs is 1. The predicted octanol–water partition coefficient (Wildman–Crippen LogP) is 3.96. The molecule has 0 aliphatic heterocycles. The number of aryl methyl sites for hydroxylation is 2. The van der Waals surface area contributed by atoms with E-state index in [1.165, 1.54) is 17.6 Å². The number of carbonyl (C=O) groups excluding carboxylic acids is 1. The van der Waals surface area contributed by atoms with Gasteiger partial charge in [0, 0.05) is 18.0 Å². The first-order valence-electron chi connectivity index (χ1n) is 7.72. The minimum Gasteiger partial charge on any atom is -0.455 e. The lowest BCUT2D eigenvalue weighted by Crippen LogP contribution is -2.03. The Bertz CT molecular complexity index is 1010. The third-order valence-corrected chi connectivity index (χ3v) is 5.00. The summed E-state index contributed by atoms with van der Waals surface area (Å²) in [5.41, 5.74) is 2.36. The van der Waals surface area contributed by atoms with Crippen LogP contribution in [0.2, 0.25) is 0 Å². The van der Waals surface area contributed by atoms with Gasteiger partial charge in [0.1, 0.15) is 28.3 Å². The molecule has 4 aromatic rings. The van der Waals surface area contributed by atoms with Crippen molar-refractivity contribution in [3.63, 3.8) is 0 Å². The van der Waals surface area contributed by atoms with Crippen LogP contribution in [0.15, 0.2) is 47.1 Å². The fourth-order valence-corrected chi connectivity index (χ4v) is 3.62. The van der Waals surface area contributed by atoms with Gasteiger partial charge in [0.15, 0.2) is 0 Å². The van der Waals surface area contributed by atoms with Gasteiger partial charge in [-0.25, -0.2) is 9.78 Å². The molecule has 0 saturated carbocycles. The van der Waals surface area contributed by atoms with Gasteiger partial charge in [-0.2, -0.15) is 5.10 Å². The molecule has 4 rings (SSSR count). The first-order valence-corrected chi connectivity index (χ1v) is 8.53. The molecular weight excluding hydrogens is 338 g/mol. The van der Waals surface area contributed by atoms with Crippen LogP contribution in [0.5, 0.6) is 0 Å². The third-order valence-electron chi connectivity index (χ3n) is 3.82. The summed E-state index contributed by atoms with van der Waals surface area (Å²) in [4.78, 5) is 18.1. The van der Waals surface area contributed by atoms with E-state index < -0.39 is 0 Å². The average Bonchev–Trinajstić information content (AvgIpc) is 3.32. The van der Waals surface area contributed by atoms with E-state index in [-0.39, 0.29) is 12.6 Å². The van der Waals surface area contributed by atoms with Crippen molar-refractivity contribution in [1.82, 2.24) is 14.8 Å². The van der Waals surface area contributed by atoms with Crippen molar-refractivity contribution in [2.45, 2.75) is 13.5 Å². The number of hydrogen-bond acceptors (Lipinski definition) is 6. The van der Waals surface area contributed by atoms with Crippen LogP contribution < -0.4 is 0 Å². The lowest BCUT2D eigenvalue weighted by atomic mass is 10.2. The first kappa shape index (κ1) is 15.6. The van der Waals surface area contributed by atoms with Gasteiger partial charge in [0.2, 0.25) is 5.89 Å². The molecule has 0 bridgehead atoms. The smallest absolute Gasteiger partial charge is 0.348 e. The van der Waals surface area contributed by atoms with Gasteiger partial charge in [-0.05, 0) is 25.1 Å². The topological polar surface area (TPSA) is 70.2 Å². The summed E-state index contributed by atoms with van der Waals surface area (Å²) in [5, 5.41) is 5.31. The Balaban J connectivity index is 1.46. The van der Waals surface area contributed by atoms with Gasteiger partial charge in [0.25, 0.3) is 0 Å². The summed E-state index contributed by atoms with van der Waals surface area (Å²) < 4.78 is 12.6. The predicted molar refractivity (Wildman–Crippen MR) is 94.4 cm³/mol. The highest BCUT2D eigenvalue weighted by Gasteiger charge is 2.17. The van der Waals surface area contributed by atoms with Crippen LogP contribution in [0.3, 0.4) is 0 Å². The maximum atomic E-state index is 12.3. The normalized spacial score (nSPS) is 11.1. The van der Waals surface area contributed by atoms with Crippen molar-refractivity contribution in [3.05, 3.63) is 58.9 Å². The second kappa shape index (κ2) is 6.18. The Morgan fingerprint density at radius 1 is 1.32 bits per heavy atom. The lowest BCUT2D eigenvalue weighted by Gasteiger charge is -1.99. The second-order valence-electron chi connectivity index (χ2n) is 5.62. The molecule has 0 spiro atoms. The summed E-state index contributed by atoms with van der Waals surface area (Å²) in [7, 11) is 1.86. The molecule has 6 nitrogen and oxygen atoms in total. The Morgan fingerprint density at radius 2 is 2.12 bits per heavy atom. The van der Waals surface area contributed by atoms with Crippen LogP contribution in [0.1, 0.15) is 21.1 Å². The van der Waals surface area contributed by atoms with Crippen LogP contribution in [0.25, 0.3) is 21.7 Å². The standard InChI is InChI=1S/C18H15N3O3S/c1-11-14-8-15(25-17(14)21(2)20-11)18(22)24-10-13-9-23-16(19-13)12-6-4-3-5-7-12/h3-9H,10H2,1-2H3. The molecule has 126 valence electrons. The molecule has 0 aliphatic carbocycles. The second-order valence-corrected chi connectivity index (χ2v) is 6.66. The molecule has 25 heavy (non-hydrogen) atoms. The molecule has 1 aromatic carbocycles. The van der Waals surface area contributed by atoms with Gasteiger partial charge in [-0.3, -0.25) is 4.68 Å². The van der Waals surface area contributed by atoms with E-state index in [4.69, 9.17) is 9.15 Å². The molecule has 0 atom stereocenters. The lowest BCUT2D eigenvalue weighted by molar-refractivity contribution is 0.0473. The fraction of sp³-hybridized carbons (Fsp3) is 0.167. The number of hydrogen-bond donors (Lipinski definition) is 0. The number of aromatic nitrogens is 3. The van der Waals surface area contributed by atoms with Gasteiger partial charge >= 0.3 is 5.97 Å². The summed E-state index contributed by atoms with van der Waals surface area (Å²) in [5.74, 6) is 0.139. The van der Waals surface area contributed by atoms with Crippen molar-refractivity contribution in [2.75, 3.05) is 0 Å². The molecule has 0 fully saturated rings. The number of oxazole rings is 1. The van der Waals surface area contributed by atoms with E-state index >= 15 is 0 Å². The van der Waals surface area contributed by atoms with E-state index in [0.717, 1.165) is 21.5 Å². The molecule has 3 aromatic heterocycles. The Kier molecular flexibility index (Phi) is 3.85. The molecule has 0 unspecified atom stereocenters. The monoisotopic (exact) mass is 353 g/mol. The van der Waals surface area contributed by atoms with Crippen LogP contribution in [-0.2, 0) is 18.4 Å². The summed E-state index contributed by atoms with van der Waals surface area (Å²) in [6.45, 7) is 1.99. The molecule has 0 saturated heterocycles. The van der Waals surface area contributed by atoms with E-state index in [0.29, 0.717) is 16.5 Å². The van der Waals surface area contributed by atoms with Gasteiger partial charge in [-0.15, -0.1) is 11.3 Å². The Labute approximate surface area is 147 Å². The molecule has 0 N–H and O–H groups in total. The van der Waals surface area contributed by atoms with Gasteiger partial charge in [0.05, 0.1) is 5.69 Å². The molecule has 0 aliphatic rings. The van der Waals surface area contributed by atoms with Crippen LogP contribution in [-0.4, -0.2) is 20.7 Å². The number of thiophene rings is 1. The molecule has 7 heteroatoms. The van der Waals surface area contributed by atoms with E-state index in [1.54, 1.807) is 4.68 Å². The number of nitrogens with zero attached hydrogens (tertiary/aromatic N) is 3. The maximum absolute atomic E-state index is 12.3. The fourth-order valence-electron chi connectivity index (χ4n) is 2.60. The maximum Gasteiger partial charge on any atom is 0.348 e. The zero-order chi connectivity index (χ0) is 17.4. The summed E-state index contributed by atoms with van der Waals surface area (Å²) in [6.07, 6.45) is 1.51. The number of carbonyl (C=O) groups is 1. The van der Waals surface area contributed by atoms with Gasteiger partial charge < -0.3 is 9.15 Å². The van der Waals surface area contributed by atoms with Crippen molar-refractivity contribution < 1.29 is 13.9 Å². The first-order chi connectivity index (χ1) is 12.1. The van der Waals surface area contributed by atoms with E-state index in [2.05, 4.69) is 10.1 Å². The minimum atomic E-state index is -0.370. The SMILES string of the molecule is Cc1nn(C)c2sc(C(=O)OCc3coc(-c4ccccc4)n3)cc12. The van der Waals surface area contributed by atoms with Crippen LogP contribution in [0.4, 0.5) is 0 Å². The summed E-state index contributed by atoms with van der Waals surface area (Å²) >= 11 is 1.37. The molecule has 0 radical (unpaired) electrons. The zero-order valence-electron chi connectivity index (χ0n) is 13.7. The minimum absolute atomic E-state index is 0.0701. The number of ether oxygens (including phenoxy) is 1.